The minimum Gasteiger partial charge on any atom is -0.298 e. The predicted molar refractivity (Wildman–Crippen MR) is 83.9 cm³/mol. The van der Waals surface area contributed by atoms with Crippen LogP contribution in [0.4, 0.5) is 0 Å². The Hall–Kier alpha value is -1.96. The van der Waals surface area contributed by atoms with Gasteiger partial charge in [-0.1, -0.05) is 19.9 Å². The van der Waals surface area contributed by atoms with Gasteiger partial charge in [-0.15, -0.1) is 0 Å². The molecule has 2 aliphatic carbocycles. The molecule has 0 spiro atoms. The number of hydrogen-bond acceptors (Lipinski definition) is 2. The third-order valence-electron chi connectivity index (χ3n) is 5.21. The lowest BCUT2D eigenvalue weighted by molar-refractivity contribution is 0.112. The van der Waals surface area contributed by atoms with E-state index in [1.807, 2.05) is 12.4 Å². The van der Waals surface area contributed by atoms with Crippen LogP contribution in [0.15, 0.2) is 24.5 Å². The van der Waals surface area contributed by atoms with Crippen LogP contribution in [0.3, 0.4) is 0 Å². The summed E-state index contributed by atoms with van der Waals surface area (Å²) in [4.78, 5) is 15.9. The van der Waals surface area contributed by atoms with Gasteiger partial charge in [-0.05, 0) is 65.0 Å². The molecule has 0 saturated heterocycles. The highest BCUT2D eigenvalue weighted by Crippen LogP contribution is 2.43. The second-order valence-electron chi connectivity index (χ2n) is 6.56. The van der Waals surface area contributed by atoms with Crippen molar-refractivity contribution in [2.45, 2.75) is 44.9 Å². The molecule has 0 saturated carbocycles. The maximum Gasteiger partial charge on any atom is 0.150 e. The van der Waals surface area contributed by atoms with Gasteiger partial charge in [-0.3, -0.25) is 9.78 Å². The SMILES string of the molecule is C[C@@H]1Cc2c(-c3cc(C=O)c4c(c3)CC[C@H]4C)cncc21. The molecule has 1 heterocycles. The van der Waals surface area contributed by atoms with E-state index in [4.69, 9.17) is 0 Å². The first-order valence-electron chi connectivity index (χ1n) is 7.78. The zero-order valence-corrected chi connectivity index (χ0v) is 12.5. The number of hydrogen-bond donors (Lipinski definition) is 0. The van der Waals surface area contributed by atoms with Crippen molar-refractivity contribution in [3.63, 3.8) is 0 Å². The molecule has 0 N–H and O–H groups in total. The highest BCUT2D eigenvalue weighted by Gasteiger charge is 2.27. The molecule has 2 aliphatic rings. The van der Waals surface area contributed by atoms with Crippen LogP contribution in [0.1, 0.15) is 64.7 Å². The lowest BCUT2D eigenvalue weighted by atomic mass is 9.76. The van der Waals surface area contributed by atoms with Crippen molar-refractivity contribution in [1.29, 1.82) is 0 Å². The third-order valence-corrected chi connectivity index (χ3v) is 5.21. The summed E-state index contributed by atoms with van der Waals surface area (Å²) in [5.74, 6) is 1.12. The van der Waals surface area contributed by atoms with Gasteiger partial charge in [-0.25, -0.2) is 0 Å². The normalized spacial score (nSPS) is 22.4. The van der Waals surface area contributed by atoms with Crippen LogP contribution >= 0.6 is 0 Å². The summed E-state index contributed by atoms with van der Waals surface area (Å²) in [5, 5.41) is 0. The molecule has 2 heteroatoms. The van der Waals surface area contributed by atoms with E-state index in [0.717, 1.165) is 31.1 Å². The molecule has 106 valence electrons. The van der Waals surface area contributed by atoms with Gasteiger partial charge in [0.2, 0.25) is 0 Å². The number of carbonyl (C=O) groups is 1. The van der Waals surface area contributed by atoms with Crippen molar-refractivity contribution in [3.05, 3.63) is 52.3 Å². The molecule has 0 amide bonds. The zero-order chi connectivity index (χ0) is 14.6. The molecule has 2 nitrogen and oxygen atoms in total. The Morgan fingerprint density at radius 2 is 2.05 bits per heavy atom. The molecule has 0 aliphatic heterocycles. The summed E-state index contributed by atoms with van der Waals surface area (Å²) >= 11 is 0. The van der Waals surface area contributed by atoms with Gasteiger partial charge >= 0.3 is 0 Å². The lowest BCUT2D eigenvalue weighted by Gasteiger charge is -2.29. The molecule has 4 rings (SSSR count). The van der Waals surface area contributed by atoms with Gasteiger partial charge in [0.15, 0.2) is 0 Å². The number of fused-ring (bicyclic) bond motifs is 2. The number of aromatic nitrogens is 1. The second-order valence-corrected chi connectivity index (χ2v) is 6.56. The summed E-state index contributed by atoms with van der Waals surface area (Å²) in [5.41, 5.74) is 8.67. The van der Waals surface area contributed by atoms with E-state index in [2.05, 4.69) is 31.0 Å². The smallest absolute Gasteiger partial charge is 0.150 e. The van der Waals surface area contributed by atoms with Crippen LogP contribution in [0.5, 0.6) is 0 Å². The van der Waals surface area contributed by atoms with Crippen molar-refractivity contribution < 1.29 is 4.79 Å². The fourth-order valence-electron chi connectivity index (χ4n) is 4.00. The minimum atomic E-state index is 0.506. The van der Waals surface area contributed by atoms with Gasteiger partial charge in [0.05, 0.1) is 0 Å². The van der Waals surface area contributed by atoms with E-state index in [9.17, 15) is 4.79 Å². The number of aryl methyl sites for hydroxylation is 1. The standard InChI is InChI=1S/C19H19NO/c1-11-3-4-13-6-14(7-15(10-21)19(11)13)18-9-20-8-17-12(2)5-16(17)18/h6-12H,3-5H2,1-2H3/t11-,12-/m1/s1. The van der Waals surface area contributed by atoms with Crippen LogP contribution in [0, 0.1) is 0 Å². The lowest BCUT2D eigenvalue weighted by Crippen LogP contribution is -2.16. The van der Waals surface area contributed by atoms with Gasteiger partial charge in [-0.2, -0.15) is 0 Å². The Morgan fingerprint density at radius 3 is 2.81 bits per heavy atom. The van der Waals surface area contributed by atoms with E-state index in [1.54, 1.807) is 0 Å². The summed E-state index contributed by atoms with van der Waals surface area (Å²) in [7, 11) is 0. The first-order chi connectivity index (χ1) is 10.2. The van der Waals surface area contributed by atoms with Crippen molar-refractivity contribution in [3.8, 4) is 11.1 Å². The molecule has 1 aromatic heterocycles. The average Bonchev–Trinajstić information content (AvgIpc) is 2.87. The fourth-order valence-corrected chi connectivity index (χ4v) is 4.00. The number of aldehydes is 1. The minimum absolute atomic E-state index is 0.506. The van der Waals surface area contributed by atoms with E-state index in [1.165, 1.54) is 33.4 Å². The summed E-state index contributed by atoms with van der Waals surface area (Å²) < 4.78 is 0. The summed E-state index contributed by atoms with van der Waals surface area (Å²) in [6, 6.07) is 4.35. The van der Waals surface area contributed by atoms with Crippen molar-refractivity contribution in [1.82, 2.24) is 4.98 Å². The molecule has 0 fully saturated rings. The maximum absolute atomic E-state index is 11.5. The predicted octanol–water partition coefficient (Wildman–Crippen LogP) is 4.27. The molecule has 0 bridgehead atoms. The maximum atomic E-state index is 11.5. The molecule has 1 aromatic carbocycles. The Kier molecular flexibility index (Phi) is 2.75. The quantitative estimate of drug-likeness (QED) is 0.767. The van der Waals surface area contributed by atoms with Crippen LogP contribution in [-0.2, 0) is 12.8 Å². The number of nitrogens with zero attached hydrogens (tertiary/aromatic N) is 1. The molecule has 21 heavy (non-hydrogen) atoms. The monoisotopic (exact) mass is 277 g/mol. The average molecular weight is 277 g/mol. The van der Waals surface area contributed by atoms with Gasteiger partial charge in [0, 0.05) is 23.5 Å². The highest BCUT2D eigenvalue weighted by molar-refractivity contribution is 5.84. The topological polar surface area (TPSA) is 30.0 Å². The van der Waals surface area contributed by atoms with Gasteiger partial charge in [0.1, 0.15) is 6.29 Å². The Morgan fingerprint density at radius 1 is 1.19 bits per heavy atom. The van der Waals surface area contributed by atoms with Crippen molar-refractivity contribution in [2.24, 2.45) is 0 Å². The molecule has 0 unspecified atom stereocenters. The Labute approximate surface area is 125 Å². The van der Waals surface area contributed by atoms with Gasteiger partial charge < -0.3 is 0 Å². The Balaban J connectivity index is 1.90. The summed E-state index contributed by atoms with van der Waals surface area (Å²) in [6.07, 6.45) is 8.33. The van der Waals surface area contributed by atoms with Crippen LogP contribution in [0.2, 0.25) is 0 Å². The van der Waals surface area contributed by atoms with Crippen molar-refractivity contribution in [2.75, 3.05) is 0 Å². The molecular weight excluding hydrogens is 258 g/mol. The Bertz CT molecular complexity index is 747. The second kappa shape index (κ2) is 4.52. The van der Waals surface area contributed by atoms with Crippen LogP contribution in [0.25, 0.3) is 11.1 Å². The van der Waals surface area contributed by atoms with E-state index >= 15 is 0 Å². The number of carbonyl (C=O) groups excluding carboxylic acids is 1. The number of benzene rings is 1. The zero-order valence-electron chi connectivity index (χ0n) is 12.5. The molecule has 0 radical (unpaired) electrons. The first kappa shape index (κ1) is 12.8. The van der Waals surface area contributed by atoms with E-state index < -0.39 is 0 Å². The molecular formula is C19H19NO. The number of pyridine rings is 1. The largest absolute Gasteiger partial charge is 0.298 e. The number of rotatable bonds is 2. The van der Waals surface area contributed by atoms with Crippen LogP contribution in [-0.4, -0.2) is 11.3 Å². The van der Waals surface area contributed by atoms with E-state index in [-0.39, 0.29) is 0 Å². The van der Waals surface area contributed by atoms with E-state index in [0.29, 0.717) is 11.8 Å². The highest BCUT2D eigenvalue weighted by atomic mass is 16.1. The third kappa shape index (κ3) is 1.78. The summed E-state index contributed by atoms with van der Waals surface area (Å²) in [6.45, 7) is 4.46. The van der Waals surface area contributed by atoms with Crippen LogP contribution < -0.4 is 0 Å². The van der Waals surface area contributed by atoms with Crippen molar-refractivity contribution >= 4 is 6.29 Å². The fraction of sp³-hybridized carbons (Fsp3) is 0.368. The van der Waals surface area contributed by atoms with Gasteiger partial charge in [0.25, 0.3) is 0 Å². The molecule has 2 aromatic rings. The first-order valence-corrected chi connectivity index (χ1v) is 7.78. The molecule has 2 atom stereocenters.